The van der Waals surface area contributed by atoms with Crippen LogP contribution in [-0.4, -0.2) is 54.4 Å². The van der Waals surface area contributed by atoms with E-state index >= 15 is 0 Å². The molecule has 2 saturated heterocycles. The average Bonchev–Trinajstić information content (AvgIpc) is 3.10. The Balaban J connectivity index is 1.39. The number of carbonyl (C=O) groups is 1. The molecule has 7 heteroatoms. The van der Waals surface area contributed by atoms with Crippen molar-refractivity contribution in [2.24, 2.45) is 0 Å². The SMILES string of the molecule is O=C(NC1CCCCC1)N[C@H]1[C@H](O)[C@@H](Oc2ccccc2)[C@@H]2OC[C@H]1O2. The summed E-state index contributed by atoms with van der Waals surface area (Å²) in [7, 11) is 0. The summed E-state index contributed by atoms with van der Waals surface area (Å²) >= 11 is 0. The molecule has 2 amide bonds. The van der Waals surface area contributed by atoms with Crippen LogP contribution in [0.5, 0.6) is 5.75 Å². The first-order valence-electron chi connectivity index (χ1n) is 9.44. The molecule has 1 aromatic rings. The van der Waals surface area contributed by atoms with E-state index in [9.17, 15) is 9.90 Å². The standard InChI is InChI=1S/C19H26N2O5/c22-16-15(21-19(23)20-12-7-3-1-4-8-12)14-11-24-18(26-14)17(16)25-13-9-5-2-6-10-13/h2,5-6,9-10,12,14-18,22H,1,3-4,7-8,11H2,(H2,20,21,23)/t14-,15-,16+,17-,18-/m1/s1. The predicted molar refractivity (Wildman–Crippen MR) is 93.8 cm³/mol. The van der Waals surface area contributed by atoms with E-state index in [2.05, 4.69) is 10.6 Å². The summed E-state index contributed by atoms with van der Waals surface area (Å²) in [5.41, 5.74) is 0. The van der Waals surface area contributed by atoms with Gasteiger partial charge in [0.2, 0.25) is 0 Å². The van der Waals surface area contributed by atoms with E-state index in [1.54, 1.807) is 0 Å². The van der Waals surface area contributed by atoms with Crippen LogP contribution in [-0.2, 0) is 9.47 Å². The number of nitrogens with one attached hydrogen (secondary N) is 2. The van der Waals surface area contributed by atoms with E-state index in [0.29, 0.717) is 12.4 Å². The van der Waals surface area contributed by atoms with Gasteiger partial charge in [-0.1, -0.05) is 37.5 Å². The Hall–Kier alpha value is -1.83. The number of ether oxygens (including phenoxy) is 3. The van der Waals surface area contributed by atoms with Crippen molar-refractivity contribution >= 4 is 6.03 Å². The van der Waals surface area contributed by atoms with Gasteiger partial charge < -0.3 is 30.0 Å². The Morgan fingerprint density at radius 1 is 1.12 bits per heavy atom. The van der Waals surface area contributed by atoms with E-state index in [4.69, 9.17) is 14.2 Å². The van der Waals surface area contributed by atoms with Gasteiger partial charge in [0, 0.05) is 6.04 Å². The maximum absolute atomic E-state index is 12.4. The van der Waals surface area contributed by atoms with Gasteiger partial charge in [0.25, 0.3) is 0 Å². The molecular formula is C19H26N2O5. The van der Waals surface area contributed by atoms with Gasteiger partial charge in [-0.2, -0.15) is 0 Å². The van der Waals surface area contributed by atoms with Crippen molar-refractivity contribution in [2.45, 2.75) is 68.8 Å². The number of fused-ring (bicyclic) bond motifs is 2. The monoisotopic (exact) mass is 362 g/mol. The molecule has 1 aromatic carbocycles. The molecule has 4 rings (SSSR count). The Morgan fingerprint density at radius 3 is 2.65 bits per heavy atom. The van der Waals surface area contributed by atoms with E-state index in [1.807, 2.05) is 30.3 Å². The van der Waals surface area contributed by atoms with Crippen LogP contribution in [0, 0.1) is 0 Å². The summed E-state index contributed by atoms with van der Waals surface area (Å²) in [4.78, 5) is 12.4. The molecule has 0 radical (unpaired) electrons. The van der Waals surface area contributed by atoms with Gasteiger partial charge in [-0.05, 0) is 25.0 Å². The van der Waals surface area contributed by atoms with Crippen molar-refractivity contribution < 1.29 is 24.1 Å². The Labute approximate surface area is 153 Å². The Morgan fingerprint density at radius 2 is 1.88 bits per heavy atom. The molecule has 3 fully saturated rings. The minimum atomic E-state index is -0.918. The summed E-state index contributed by atoms with van der Waals surface area (Å²) < 4.78 is 17.3. The molecule has 3 N–H and O–H groups in total. The molecule has 2 bridgehead atoms. The minimum absolute atomic E-state index is 0.203. The molecule has 5 atom stereocenters. The maximum Gasteiger partial charge on any atom is 0.315 e. The fraction of sp³-hybridized carbons (Fsp3) is 0.632. The highest BCUT2D eigenvalue weighted by Crippen LogP contribution is 2.31. The first-order chi connectivity index (χ1) is 12.7. The van der Waals surface area contributed by atoms with Gasteiger partial charge >= 0.3 is 6.03 Å². The number of hydrogen-bond acceptors (Lipinski definition) is 5. The quantitative estimate of drug-likeness (QED) is 0.756. The highest BCUT2D eigenvalue weighted by molar-refractivity contribution is 5.74. The van der Waals surface area contributed by atoms with Crippen LogP contribution in [0.4, 0.5) is 4.79 Å². The lowest BCUT2D eigenvalue weighted by atomic mass is 9.95. The third-order valence-corrected chi connectivity index (χ3v) is 5.36. The highest BCUT2D eigenvalue weighted by atomic mass is 16.7. The van der Waals surface area contributed by atoms with Crippen molar-refractivity contribution in [1.29, 1.82) is 0 Å². The van der Waals surface area contributed by atoms with Crippen LogP contribution in [0.3, 0.4) is 0 Å². The lowest BCUT2D eigenvalue weighted by Gasteiger charge is -2.38. The number of aliphatic hydroxyl groups is 1. The van der Waals surface area contributed by atoms with Gasteiger partial charge in [0.05, 0.1) is 12.6 Å². The van der Waals surface area contributed by atoms with Gasteiger partial charge in [-0.25, -0.2) is 4.79 Å². The summed E-state index contributed by atoms with van der Waals surface area (Å²) in [6.07, 6.45) is 2.91. The second kappa shape index (κ2) is 7.82. The van der Waals surface area contributed by atoms with Crippen LogP contribution >= 0.6 is 0 Å². The summed E-state index contributed by atoms with van der Waals surface area (Å²) in [6, 6.07) is 8.59. The van der Waals surface area contributed by atoms with Crippen molar-refractivity contribution in [3.63, 3.8) is 0 Å². The molecule has 1 aliphatic carbocycles. The van der Waals surface area contributed by atoms with Crippen LogP contribution < -0.4 is 15.4 Å². The van der Waals surface area contributed by atoms with E-state index in [0.717, 1.165) is 25.7 Å². The number of carbonyl (C=O) groups excluding carboxylic acids is 1. The first kappa shape index (κ1) is 17.6. The number of urea groups is 1. The molecule has 0 aromatic heterocycles. The minimum Gasteiger partial charge on any atom is -0.482 e. The van der Waals surface area contributed by atoms with Gasteiger partial charge in [-0.3, -0.25) is 0 Å². The van der Waals surface area contributed by atoms with Gasteiger partial charge in [-0.15, -0.1) is 0 Å². The molecular weight excluding hydrogens is 336 g/mol. The van der Waals surface area contributed by atoms with E-state index < -0.39 is 24.5 Å². The highest BCUT2D eigenvalue weighted by Gasteiger charge is 2.52. The van der Waals surface area contributed by atoms with Crippen molar-refractivity contribution in [2.75, 3.05) is 6.61 Å². The predicted octanol–water partition coefficient (Wildman–Crippen LogP) is 1.55. The zero-order chi connectivity index (χ0) is 17.9. The third kappa shape index (κ3) is 3.79. The largest absolute Gasteiger partial charge is 0.482 e. The van der Waals surface area contributed by atoms with Crippen molar-refractivity contribution in [1.82, 2.24) is 10.6 Å². The molecule has 1 saturated carbocycles. The topological polar surface area (TPSA) is 89.1 Å². The second-order valence-corrected chi connectivity index (χ2v) is 7.24. The van der Waals surface area contributed by atoms with Crippen molar-refractivity contribution in [3.8, 4) is 5.75 Å². The zero-order valence-electron chi connectivity index (χ0n) is 14.7. The molecule has 0 spiro atoms. The summed E-state index contributed by atoms with van der Waals surface area (Å²) in [5, 5.41) is 16.7. The van der Waals surface area contributed by atoms with Crippen LogP contribution in [0.15, 0.2) is 30.3 Å². The Kier molecular flexibility index (Phi) is 5.28. The van der Waals surface area contributed by atoms with Crippen LogP contribution in [0.25, 0.3) is 0 Å². The smallest absolute Gasteiger partial charge is 0.315 e. The molecule has 7 nitrogen and oxygen atoms in total. The lowest BCUT2D eigenvalue weighted by Crippen LogP contribution is -2.63. The maximum atomic E-state index is 12.4. The fourth-order valence-corrected chi connectivity index (χ4v) is 3.97. The number of aliphatic hydroxyl groups excluding tert-OH is 1. The van der Waals surface area contributed by atoms with Crippen LogP contribution in [0.1, 0.15) is 32.1 Å². The number of benzene rings is 1. The van der Waals surface area contributed by atoms with Gasteiger partial charge in [0.15, 0.2) is 12.4 Å². The number of hydrogen-bond donors (Lipinski definition) is 3. The number of amides is 2. The molecule has 142 valence electrons. The zero-order valence-corrected chi connectivity index (χ0v) is 14.7. The number of para-hydroxylation sites is 1. The van der Waals surface area contributed by atoms with Gasteiger partial charge in [0.1, 0.15) is 18.0 Å². The normalized spacial score (nSPS) is 34.3. The molecule has 2 heterocycles. The number of rotatable bonds is 4. The summed E-state index contributed by atoms with van der Waals surface area (Å²) in [6.45, 7) is 0.324. The fourth-order valence-electron chi connectivity index (χ4n) is 3.97. The molecule has 3 aliphatic rings. The average molecular weight is 362 g/mol. The first-order valence-corrected chi connectivity index (χ1v) is 9.44. The molecule has 0 unspecified atom stereocenters. The summed E-state index contributed by atoms with van der Waals surface area (Å²) in [5.74, 6) is 0.625. The second-order valence-electron chi connectivity index (χ2n) is 7.24. The van der Waals surface area contributed by atoms with E-state index in [1.165, 1.54) is 6.42 Å². The molecule has 26 heavy (non-hydrogen) atoms. The van der Waals surface area contributed by atoms with E-state index in [-0.39, 0.29) is 18.2 Å². The van der Waals surface area contributed by atoms with Crippen molar-refractivity contribution in [3.05, 3.63) is 30.3 Å². The molecule has 2 aliphatic heterocycles. The Bertz CT molecular complexity index is 607. The third-order valence-electron chi connectivity index (χ3n) is 5.36. The lowest BCUT2D eigenvalue weighted by molar-refractivity contribution is -0.192. The van der Waals surface area contributed by atoms with Crippen LogP contribution in [0.2, 0.25) is 0 Å².